The van der Waals surface area contributed by atoms with Gasteiger partial charge in [0.15, 0.2) is 0 Å². The molecule has 4 rings (SSSR count). The fraction of sp³-hybridized carbons (Fsp3) is 0.364. The predicted octanol–water partition coefficient (Wildman–Crippen LogP) is 2.22. The van der Waals surface area contributed by atoms with Gasteiger partial charge in [0, 0.05) is 57.1 Å². The number of benzene rings is 2. The molecule has 28 heavy (non-hydrogen) atoms. The molecular weight excluding hydrogens is 352 g/mol. The first-order valence-corrected chi connectivity index (χ1v) is 9.92. The second-order valence-corrected chi connectivity index (χ2v) is 7.30. The molecule has 0 spiro atoms. The molecule has 0 bridgehead atoms. The lowest BCUT2D eigenvalue weighted by atomic mass is 10.1. The largest absolute Gasteiger partial charge is 0.336 e. The van der Waals surface area contributed by atoms with E-state index in [1.165, 1.54) is 5.56 Å². The van der Waals surface area contributed by atoms with Gasteiger partial charge in [-0.25, -0.2) is 4.79 Å². The highest BCUT2D eigenvalue weighted by Gasteiger charge is 2.24. The molecule has 0 atom stereocenters. The van der Waals surface area contributed by atoms with E-state index in [0.29, 0.717) is 18.7 Å². The number of nitrogens with one attached hydrogen (secondary N) is 1. The zero-order valence-electron chi connectivity index (χ0n) is 16.0. The number of rotatable bonds is 5. The van der Waals surface area contributed by atoms with Crippen LogP contribution in [0.15, 0.2) is 54.6 Å². The van der Waals surface area contributed by atoms with E-state index in [1.54, 1.807) is 4.90 Å². The van der Waals surface area contributed by atoms with Crippen LogP contribution in [0.2, 0.25) is 0 Å². The van der Waals surface area contributed by atoms with Crippen LogP contribution >= 0.6 is 0 Å². The highest BCUT2D eigenvalue weighted by molar-refractivity contribution is 5.97. The first-order valence-electron chi connectivity index (χ1n) is 9.92. The maximum absolute atomic E-state index is 12.8. The molecule has 0 unspecified atom stereocenters. The van der Waals surface area contributed by atoms with Gasteiger partial charge >= 0.3 is 6.03 Å². The summed E-state index contributed by atoms with van der Waals surface area (Å²) in [4.78, 5) is 30.6. The molecule has 2 aliphatic rings. The van der Waals surface area contributed by atoms with Gasteiger partial charge in [0.2, 0.25) is 0 Å². The highest BCUT2D eigenvalue weighted by atomic mass is 16.2. The summed E-state index contributed by atoms with van der Waals surface area (Å²) in [7, 11) is 0. The zero-order chi connectivity index (χ0) is 19.3. The minimum atomic E-state index is -0.0781. The van der Waals surface area contributed by atoms with Crippen LogP contribution in [0.5, 0.6) is 0 Å². The normalized spacial score (nSPS) is 17.6. The summed E-state index contributed by atoms with van der Waals surface area (Å²) in [6.45, 7) is 5.67. The molecule has 0 radical (unpaired) electrons. The van der Waals surface area contributed by atoms with E-state index in [9.17, 15) is 9.59 Å². The monoisotopic (exact) mass is 378 g/mol. The van der Waals surface area contributed by atoms with E-state index in [1.807, 2.05) is 35.2 Å². The molecule has 2 aliphatic heterocycles. The topological polar surface area (TPSA) is 55.9 Å². The van der Waals surface area contributed by atoms with Crippen molar-refractivity contribution in [3.05, 3.63) is 65.7 Å². The molecule has 1 N–H and O–H groups in total. The summed E-state index contributed by atoms with van der Waals surface area (Å²) >= 11 is 0. The number of carbonyl (C=O) groups excluding carboxylic acids is 2. The van der Waals surface area contributed by atoms with E-state index < -0.39 is 0 Å². The Morgan fingerprint density at radius 2 is 1.61 bits per heavy atom. The van der Waals surface area contributed by atoms with Gasteiger partial charge in [0.1, 0.15) is 0 Å². The summed E-state index contributed by atoms with van der Waals surface area (Å²) in [6.07, 6.45) is 1.04. The lowest BCUT2D eigenvalue weighted by Gasteiger charge is -2.34. The summed E-state index contributed by atoms with van der Waals surface area (Å²) in [6, 6.07) is 17.8. The van der Waals surface area contributed by atoms with Gasteiger partial charge in [0.05, 0.1) is 0 Å². The zero-order valence-corrected chi connectivity index (χ0v) is 16.0. The SMILES string of the molecule is O=C(c1ccc(N2CCNC2=O)cc1)N1CCN(CCc2ccccc2)CC1. The third-order valence-electron chi connectivity index (χ3n) is 5.50. The van der Waals surface area contributed by atoms with E-state index in [-0.39, 0.29) is 11.9 Å². The van der Waals surface area contributed by atoms with Crippen molar-refractivity contribution in [2.75, 3.05) is 50.7 Å². The van der Waals surface area contributed by atoms with Crippen molar-refractivity contribution in [3.8, 4) is 0 Å². The second kappa shape index (κ2) is 8.44. The molecule has 3 amide bonds. The third-order valence-corrected chi connectivity index (χ3v) is 5.50. The lowest BCUT2D eigenvalue weighted by Crippen LogP contribution is -2.49. The number of piperazine rings is 1. The number of anilines is 1. The van der Waals surface area contributed by atoms with Gasteiger partial charge in [-0.05, 0) is 36.2 Å². The molecule has 6 heteroatoms. The summed E-state index contributed by atoms with van der Waals surface area (Å²) < 4.78 is 0. The van der Waals surface area contributed by atoms with Crippen LogP contribution < -0.4 is 10.2 Å². The van der Waals surface area contributed by atoms with Crippen molar-refractivity contribution in [3.63, 3.8) is 0 Å². The molecule has 2 fully saturated rings. The van der Waals surface area contributed by atoms with Crippen molar-refractivity contribution < 1.29 is 9.59 Å². The van der Waals surface area contributed by atoms with Crippen molar-refractivity contribution in [2.24, 2.45) is 0 Å². The van der Waals surface area contributed by atoms with E-state index in [2.05, 4.69) is 34.5 Å². The van der Waals surface area contributed by atoms with Gasteiger partial charge in [-0.3, -0.25) is 14.6 Å². The van der Waals surface area contributed by atoms with Crippen LogP contribution in [0.1, 0.15) is 15.9 Å². The third kappa shape index (κ3) is 4.17. The van der Waals surface area contributed by atoms with Gasteiger partial charge in [-0.2, -0.15) is 0 Å². The van der Waals surface area contributed by atoms with E-state index in [0.717, 1.165) is 44.8 Å². The average molecular weight is 378 g/mol. The molecule has 2 aromatic carbocycles. The number of nitrogens with zero attached hydrogens (tertiary/aromatic N) is 3. The Balaban J connectivity index is 1.28. The Hall–Kier alpha value is -2.86. The minimum absolute atomic E-state index is 0.0696. The Labute approximate surface area is 165 Å². The standard InChI is InChI=1S/C22H26N4O2/c27-21(19-6-8-20(9-7-19)26-13-11-23-22(26)28)25-16-14-24(15-17-25)12-10-18-4-2-1-3-5-18/h1-9H,10-17H2,(H,23,28). The molecule has 6 nitrogen and oxygen atoms in total. The van der Waals surface area contributed by atoms with Crippen LogP contribution in [0.25, 0.3) is 0 Å². The minimum Gasteiger partial charge on any atom is -0.336 e. The Kier molecular flexibility index (Phi) is 5.58. The van der Waals surface area contributed by atoms with Crippen molar-refractivity contribution in [1.29, 1.82) is 0 Å². The van der Waals surface area contributed by atoms with Crippen LogP contribution in [0, 0.1) is 0 Å². The van der Waals surface area contributed by atoms with Crippen LogP contribution in [0.4, 0.5) is 10.5 Å². The molecular formula is C22H26N4O2. The molecule has 0 aromatic heterocycles. The Bertz CT molecular complexity index is 814. The number of urea groups is 1. The smallest absolute Gasteiger partial charge is 0.321 e. The molecule has 0 aliphatic carbocycles. The fourth-order valence-electron chi connectivity index (χ4n) is 3.79. The maximum Gasteiger partial charge on any atom is 0.321 e. The van der Waals surface area contributed by atoms with E-state index in [4.69, 9.17) is 0 Å². The Morgan fingerprint density at radius 1 is 0.893 bits per heavy atom. The molecule has 146 valence electrons. The van der Waals surface area contributed by atoms with Crippen LogP contribution in [-0.2, 0) is 6.42 Å². The quantitative estimate of drug-likeness (QED) is 0.868. The fourth-order valence-corrected chi connectivity index (χ4v) is 3.79. The number of hydrogen-bond donors (Lipinski definition) is 1. The van der Waals surface area contributed by atoms with Crippen molar-refractivity contribution in [1.82, 2.24) is 15.1 Å². The Morgan fingerprint density at radius 3 is 2.25 bits per heavy atom. The van der Waals surface area contributed by atoms with Gasteiger partial charge in [-0.15, -0.1) is 0 Å². The summed E-state index contributed by atoms with van der Waals surface area (Å²) in [5, 5.41) is 2.79. The second-order valence-electron chi connectivity index (χ2n) is 7.30. The predicted molar refractivity (Wildman–Crippen MR) is 110 cm³/mol. The van der Waals surface area contributed by atoms with Crippen molar-refractivity contribution >= 4 is 17.6 Å². The summed E-state index contributed by atoms with van der Waals surface area (Å²) in [5.74, 6) is 0.0696. The van der Waals surface area contributed by atoms with Crippen LogP contribution in [0.3, 0.4) is 0 Å². The van der Waals surface area contributed by atoms with Crippen molar-refractivity contribution in [2.45, 2.75) is 6.42 Å². The van der Waals surface area contributed by atoms with Crippen LogP contribution in [-0.4, -0.2) is 67.6 Å². The first kappa shape index (κ1) is 18.5. The number of hydrogen-bond acceptors (Lipinski definition) is 3. The first-order chi connectivity index (χ1) is 13.7. The average Bonchev–Trinajstić information content (AvgIpc) is 3.19. The summed E-state index contributed by atoms with van der Waals surface area (Å²) in [5.41, 5.74) is 2.87. The maximum atomic E-state index is 12.8. The molecule has 0 saturated carbocycles. The highest BCUT2D eigenvalue weighted by Crippen LogP contribution is 2.18. The number of amides is 3. The molecule has 2 heterocycles. The lowest BCUT2D eigenvalue weighted by molar-refractivity contribution is 0.0638. The molecule has 2 saturated heterocycles. The van der Waals surface area contributed by atoms with Gasteiger partial charge < -0.3 is 10.2 Å². The number of carbonyl (C=O) groups is 2. The van der Waals surface area contributed by atoms with Gasteiger partial charge in [0.25, 0.3) is 5.91 Å². The van der Waals surface area contributed by atoms with E-state index >= 15 is 0 Å². The molecule has 2 aromatic rings. The van der Waals surface area contributed by atoms with Gasteiger partial charge in [-0.1, -0.05) is 30.3 Å².